The minimum absolute atomic E-state index is 0.0654. The number of rotatable bonds is 7. The van der Waals surface area contributed by atoms with Crippen molar-refractivity contribution in [1.82, 2.24) is 0 Å². The van der Waals surface area contributed by atoms with Crippen molar-refractivity contribution in [3.8, 4) is 0 Å². The van der Waals surface area contributed by atoms with Gasteiger partial charge in [-0.25, -0.2) is 0 Å². The van der Waals surface area contributed by atoms with E-state index in [4.69, 9.17) is 19.9 Å². The number of carbonyl (C=O) groups is 1. The summed E-state index contributed by atoms with van der Waals surface area (Å²) in [6.07, 6.45) is 8.31. The highest BCUT2D eigenvalue weighted by molar-refractivity contribution is 5.73. The van der Waals surface area contributed by atoms with Gasteiger partial charge in [-0.1, -0.05) is 80.9 Å². The van der Waals surface area contributed by atoms with Gasteiger partial charge in [-0.3, -0.25) is 4.79 Å². The Kier molecular flexibility index (Phi) is 8.67. The molecular weight excluding hydrogens is 562 g/mol. The fraction of sp³-hybridized carbons (Fsp3) is 0.923. The van der Waals surface area contributed by atoms with Crippen LogP contribution < -0.4 is 5.73 Å². The highest BCUT2D eigenvalue weighted by Crippen LogP contribution is 2.75. The van der Waals surface area contributed by atoms with E-state index in [0.717, 1.165) is 38.5 Å². The molecule has 0 radical (unpaired) electrons. The topological polar surface area (TPSA) is 91.0 Å². The van der Waals surface area contributed by atoms with Gasteiger partial charge in [0, 0.05) is 23.5 Å². The molecule has 3 saturated carbocycles. The molecule has 0 spiro atoms. The number of ether oxygens (including phenoxy) is 3. The van der Waals surface area contributed by atoms with Gasteiger partial charge in [0.2, 0.25) is 0 Å². The van der Waals surface area contributed by atoms with Crippen molar-refractivity contribution >= 4 is 5.97 Å². The van der Waals surface area contributed by atoms with E-state index >= 15 is 0 Å². The van der Waals surface area contributed by atoms with Crippen molar-refractivity contribution in [3.63, 3.8) is 0 Å². The third kappa shape index (κ3) is 4.71. The number of hydrogen-bond acceptors (Lipinski definition) is 5. The molecule has 0 unspecified atom stereocenters. The number of aliphatic carboxylic acids is 1. The van der Waals surface area contributed by atoms with Crippen molar-refractivity contribution in [2.75, 3.05) is 20.3 Å². The molecule has 0 aromatic carbocycles. The van der Waals surface area contributed by atoms with Crippen LogP contribution in [0.4, 0.5) is 0 Å². The second-order valence-electron chi connectivity index (χ2n) is 19.1. The predicted molar refractivity (Wildman–Crippen MR) is 181 cm³/mol. The summed E-state index contributed by atoms with van der Waals surface area (Å²) in [7, 11) is 1.84. The molecule has 1 saturated heterocycles. The molecule has 3 N–H and O–H groups in total. The fourth-order valence-electron chi connectivity index (χ4n) is 11.9. The predicted octanol–water partition coefficient (Wildman–Crippen LogP) is 8.13. The number of carboxylic acid groups (broad SMARTS) is 1. The van der Waals surface area contributed by atoms with E-state index in [1.807, 2.05) is 7.11 Å². The molecule has 45 heavy (non-hydrogen) atoms. The average Bonchev–Trinajstić information content (AvgIpc) is 2.93. The molecule has 4 fully saturated rings. The molecule has 6 heteroatoms. The lowest BCUT2D eigenvalue weighted by Gasteiger charge is -2.72. The van der Waals surface area contributed by atoms with Gasteiger partial charge >= 0.3 is 5.97 Å². The number of fused-ring (bicyclic) bond motifs is 3. The molecule has 4 aliphatic carbocycles. The van der Waals surface area contributed by atoms with Gasteiger partial charge in [0.15, 0.2) is 0 Å². The summed E-state index contributed by atoms with van der Waals surface area (Å²) in [4.78, 5) is 13.4. The van der Waals surface area contributed by atoms with Gasteiger partial charge in [0.25, 0.3) is 0 Å². The first-order chi connectivity index (χ1) is 20.6. The van der Waals surface area contributed by atoms with Gasteiger partial charge < -0.3 is 25.1 Å². The van der Waals surface area contributed by atoms with Crippen LogP contribution >= 0.6 is 0 Å². The Morgan fingerprint density at radius 1 is 1.09 bits per heavy atom. The summed E-state index contributed by atoms with van der Waals surface area (Å²) in [6.45, 7) is 28.3. The highest BCUT2D eigenvalue weighted by atomic mass is 16.5. The number of methoxy groups -OCH3 is 1. The molecule has 6 nitrogen and oxygen atoms in total. The second kappa shape index (κ2) is 11.0. The van der Waals surface area contributed by atoms with E-state index in [1.165, 1.54) is 0 Å². The van der Waals surface area contributed by atoms with Crippen LogP contribution in [0.3, 0.4) is 0 Å². The molecule has 5 aliphatic rings. The Balaban J connectivity index is 1.57. The molecule has 0 aromatic rings. The summed E-state index contributed by atoms with van der Waals surface area (Å²) in [5.74, 6) is 0.524. The zero-order valence-electron chi connectivity index (χ0n) is 31.0. The Morgan fingerprint density at radius 2 is 1.73 bits per heavy atom. The Bertz CT molecular complexity index is 1190. The van der Waals surface area contributed by atoms with Crippen LogP contribution in [0.5, 0.6) is 0 Å². The molecular formula is C39H67NO5. The lowest BCUT2D eigenvalue weighted by Crippen LogP contribution is -2.72. The summed E-state index contributed by atoms with van der Waals surface area (Å²) in [6, 6.07) is 0. The van der Waals surface area contributed by atoms with Crippen LogP contribution in [0.1, 0.15) is 122 Å². The van der Waals surface area contributed by atoms with Crippen molar-refractivity contribution in [3.05, 3.63) is 11.6 Å². The molecule has 2 bridgehead atoms. The van der Waals surface area contributed by atoms with E-state index in [0.29, 0.717) is 36.9 Å². The van der Waals surface area contributed by atoms with Gasteiger partial charge in [0.05, 0.1) is 37.4 Å². The van der Waals surface area contributed by atoms with Gasteiger partial charge in [-0.15, -0.1) is 0 Å². The summed E-state index contributed by atoms with van der Waals surface area (Å²) < 4.78 is 20.1. The lowest BCUT2D eigenvalue weighted by atomic mass is 9.34. The molecule has 1 heterocycles. The molecule has 1 aliphatic heterocycles. The maximum Gasteiger partial charge on any atom is 0.307 e. The average molecular weight is 630 g/mol. The standard InChI is InChI=1S/C39H67NO5/c1-23(2)24(3)34(8)18-19-36(10)26-14-15-29-35(9)21-44-25(4)39(29,27(26)16-17-37(36,11)30(34)32(41)42)20-28(43-13)31(35)45-22-38(12,40)33(5,6)7/h16,23-26,28-31H,14-15,17-22,40H2,1-13H3,(H,41,42)/t24-,25+,26+,28-,29+,30-,31+,34-,35-,36-,37+,38+,39+/m1/s1. The molecule has 0 aromatic heterocycles. The van der Waals surface area contributed by atoms with Crippen LogP contribution in [0.15, 0.2) is 11.6 Å². The number of hydrogen-bond donors (Lipinski definition) is 2. The number of allylic oxidation sites excluding steroid dienone is 1. The molecule has 13 atom stereocenters. The minimum atomic E-state index is -0.608. The Hall–Kier alpha value is -0.950. The van der Waals surface area contributed by atoms with Crippen LogP contribution in [-0.4, -0.2) is 55.3 Å². The zero-order chi connectivity index (χ0) is 33.8. The molecule has 0 amide bonds. The monoisotopic (exact) mass is 630 g/mol. The van der Waals surface area contributed by atoms with E-state index in [2.05, 4.69) is 89.2 Å². The maximum atomic E-state index is 13.4. The van der Waals surface area contributed by atoms with Crippen molar-refractivity contribution < 1.29 is 24.1 Å². The highest BCUT2D eigenvalue weighted by Gasteiger charge is 2.73. The lowest BCUT2D eigenvalue weighted by molar-refractivity contribution is -0.289. The van der Waals surface area contributed by atoms with E-state index in [-0.39, 0.29) is 56.7 Å². The summed E-state index contributed by atoms with van der Waals surface area (Å²) >= 11 is 0. The Morgan fingerprint density at radius 3 is 2.29 bits per heavy atom. The second-order valence-corrected chi connectivity index (χ2v) is 19.1. The quantitative estimate of drug-likeness (QED) is 0.276. The van der Waals surface area contributed by atoms with E-state index in [1.54, 1.807) is 5.57 Å². The van der Waals surface area contributed by atoms with Crippen LogP contribution in [0.2, 0.25) is 0 Å². The third-order valence-corrected chi connectivity index (χ3v) is 16.1. The molecule has 5 rings (SSSR count). The van der Waals surface area contributed by atoms with E-state index < -0.39 is 11.5 Å². The van der Waals surface area contributed by atoms with Crippen molar-refractivity contribution in [2.24, 2.45) is 67.8 Å². The number of carboxylic acids is 1. The third-order valence-electron chi connectivity index (χ3n) is 16.1. The van der Waals surface area contributed by atoms with Gasteiger partial charge in [0.1, 0.15) is 0 Å². The van der Waals surface area contributed by atoms with Crippen LogP contribution in [0, 0.1) is 62.1 Å². The fourth-order valence-corrected chi connectivity index (χ4v) is 11.9. The maximum absolute atomic E-state index is 13.4. The van der Waals surface area contributed by atoms with Gasteiger partial charge in [-0.2, -0.15) is 0 Å². The van der Waals surface area contributed by atoms with Crippen molar-refractivity contribution in [1.29, 1.82) is 0 Å². The SMILES string of the molecule is CO[C@@H]1C[C@]23C4=CC[C@@]5(C)[C@H](C(=O)O)[C@@](C)([C@H](C)C(C)C)CC[C@]5(C)[C@H]4CC[C@H]2[C@@](C)(CO[C@H]3C)[C@H]1OC[C@](C)(N)C(C)(C)C. The van der Waals surface area contributed by atoms with Gasteiger partial charge in [-0.05, 0) is 97.7 Å². The first kappa shape index (κ1) is 35.4. The summed E-state index contributed by atoms with van der Waals surface area (Å²) in [5.41, 5.74) is 6.76. The largest absolute Gasteiger partial charge is 0.481 e. The summed E-state index contributed by atoms with van der Waals surface area (Å²) in [5, 5.41) is 11.0. The van der Waals surface area contributed by atoms with Crippen LogP contribution in [-0.2, 0) is 19.0 Å². The normalized spacial score (nSPS) is 48.4. The van der Waals surface area contributed by atoms with Crippen LogP contribution in [0.25, 0.3) is 0 Å². The van der Waals surface area contributed by atoms with Crippen molar-refractivity contribution in [2.45, 2.75) is 145 Å². The zero-order valence-corrected chi connectivity index (χ0v) is 31.0. The molecule has 258 valence electrons. The smallest absolute Gasteiger partial charge is 0.307 e. The first-order valence-corrected chi connectivity index (χ1v) is 18.1. The first-order valence-electron chi connectivity index (χ1n) is 18.1. The Labute approximate surface area is 275 Å². The number of nitrogens with two attached hydrogens (primary N) is 1. The minimum Gasteiger partial charge on any atom is -0.481 e. The van der Waals surface area contributed by atoms with E-state index in [9.17, 15) is 9.90 Å².